The van der Waals surface area contributed by atoms with Crippen LogP contribution in [-0.4, -0.2) is 46.2 Å². The molecule has 3 aliphatic carbocycles. The fraction of sp³-hybridized carbons (Fsp3) is 0.786. The molecule has 3 aliphatic rings. The minimum absolute atomic E-state index is 0.348. The number of hydrogen-bond acceptors (Lipinski definition) is 4. The molecule has 0 saturated heterocycles. The summed E-state index contributed by atoms with van der Waals surface area (Å²) in [6, 6.07) is -0.348. The van der Waals surface area contributed by atoms with Gasteiger partial charge in [0, 0.05) is 6.42 Å². The summed E-state index contributed by atoms with van der Waals surface area (Å²) in [6.45, 7) is 12.9. The fourth-order valence-electron chi connectivity index (χ4n) is 7.11. The summed E-state index contributed by atoms with van der Waals surface area (Å²) < 4.78 is 0. The Hall–Kier alpha value is -0.940. The van der Waals surface area contributed by atoms with E-state index in [2.05, 4.69) is 37.9 Å². The quantitative estimate of drug-likeness (QED) is 0.450. The average molecular weight is 446 g/mol. The van der Waals surface area contributed by atoms with Gasteiger partial charge in [-0.2, -0.15) is 0 Å². The van der Waals surface area contributed by atoms with Crippen molar-refractivity contribution < 1.29 is 15.3 Å². The molecule has 0 aromatic heterocycles. The first-order valence-electron chi connectivity index (χ1n) is 12.8. The molecule has 0 radical (unpaired) electrons. The maximum atomic E-state index is 10.5. The van der Waals surface area contributed by atoms with Crippen LogP contribution in [0.1, 0.15) is 85.5 Å². The summed E-state index contributed by atoms with van der Waals surface area (Å²) in [5.41, 5.74) is 3.05. The molecule has 0 unspecified atom stereocenters. The van der Waals surface area contributed by atoms with Gasteiger partial charge in [-0.05, 0) is 93.7 Å². The van der Waals surface area contributed by atoms with Crippen molar-refractivity contribution >= 4 is 0 Å². The number of hydrogen-bond donors (Lipinski definition) is 4. The highest BCUT2D eigenvalue weighted by Gasteiger charge is 2.50. The smallest absolute Gasteiger partial charge is 0.0965 e. The summed E-state index contributed by atoms with van der Waals surface area (Å²) in [5.74, 6) is 2.06. The van der Waals surface area contributed by atoms with Crippen LogP contribution in [0.5, 0.6) is 0 Å². The van der Waals surface area contributed by atoms with E-state index in [-0.39, 0.29) is 6.04 Å². The van der Waals surface area contributed by atoms with Crippen molar-refractivity contribution in [3.63, 3.8) is 0 Å². The van der Waals surface area contributed by atoms with Gasteiger partial charge < -0.3 is 20.6 Å². The molecule has 7 atom stereocenters. The third kappa shape index (κ3) is 5.41. The van der Waals surface area contributed by atoms with Gasteiger partial charge >= 0.3 is 0 Å². The zero-order chi connectivity index (χ0) is 23.7. The molecule has 0 bridgehead atoms. The molecule has 3 saturated carbocycles. The van der Waals surface area contributed by atoms with E-state index in [0.717, 1.165) is 36.3 Å². The minimum Gasteiger partial charge on any atom is -0.391 e. The monoisotopic (exact) mass is 445 g/mol. The fourth-order valence-corrected chi connectivity index (χ4v) is 7.11. The van der Waals surface area contributed by atoms with Crippen molar-refractivity contribution in [2.45, 2.75) is 109 Å². The second-order valence-electron chi connectivity index (χ2n) is 11.8. The average Bonchev–Trinajstić information content (AvgIpc) is 3.06. The van der Waals surface area contributed by atoms with E-state index < -0.39 is 17.8 Å². The summed E-state index contributed by atoms with van der Waals surface area (Å²) in [6.07, 6.45) is 13.0. The summed E-state index contributed by atoms with van der Waals surface area (Å²) in [7, 11) is 1.77. The molecule has 0 aliphatic heterocycles. The Bertz CT molecular complexity index is 733. The van der Waals surface area contributed by atoms with Crippen molar-refractivity contribution in [1.82, 2.24) is 5.32 Å². The summed E-state index contributed by atoms with van der Waals surface area (Å²) >= 11 is 0. The van der Waals surface area contributed by atoms with Crippen molar-refractivity contribution in [2.75, 3.05) is 7.05 Å². The van der Waals surface area contributed by atoms with Gasteiger partial charge in [0.05, 0.1) is 23.9 Å². The molecule has 3 fully saturated rings. The molecule has 0 heterocycles. The Morgan fingerprint density at radius 2 is 1.97 bits per heavy atom. The summed E-state index contributed by atoms with van der Waals surface area (Å²) in [4.78, 5) is 0. The van der Waals surface area contributed by atoms with Gasteiger partial charge in [0.15, 0.2) is 0 Å². The van der Waals surface area contributed by atoms with Gasteiger partial charge in [-0.25, -0.2) is 0 Å². The van der Waals surface area contributed by atoms with Crippen LogP contribution in [-0.2, 0) is 0 Å². The number of aliphatic hydroxyl groups is 3. The standard InChI is InChI=1S/C28H47NO3/c1-18(9-7-15-27(3,4)32)22-13-14-23-20(10-8-16-28(22,23)5)11-12-21-17-24(30)25(29-6)26(31)19(21)2/h11-12,18,22-26,29-32H,2,7-10,13-17H2,1,3-6H3/b20-11+,21-12-/t18-,22-,23+,24-,25-,26-,28-/m1/s1. The molecule has 32 heavy (non-hydrogen) atoms. The Morgan fingerprint density at radius 1 is 1.25 bits per heavy atom. The number of fused-ring (bicyclic) bond motifs is 1. The van der Waals surface area contributed by atoms with E-state index in [9.17, 15) is 15.3 Å². The predicted molar refractivity (Wildman–Crippen MR) is 132 cm³/mol. The summed E-state index contributed by atoms with van der Waals surface area (Å²) in [5, 5.41) is 34.0. The molecule has 0 amide bonds. The maximum Gasteiger partial charge on any atom is 0.0965 e. The lowest BCUT2D eigenvalue weighted by Gasteiger charge is -2.44. The number of rotatable bonds is 7. The number of nitrogens with one attached hydrogen (secondary N) is 1. The highest BCUT2D eigenvalue weighted by atomic mass is 16.3. The van der Waals surface area contributed by atoms with Gasteiger partial charge in [0.1, 0.15) is 0 Å². The molecule has 182 valence electrons. The minimum atomic E-state index is -0.745. The molecule has 0 spiro atoms. The van der Waals surface area contributed by atoms with Gasteiger partial charge in [0.2, 0.25) is 0 Å². The lowest BCUT2D eigenvalue weighted by atomic mass is 9.60. The van der Waals surface area contributed by atoms with E-state index in [1.165, 1.54) is 32.1 Å². The van der Waals surface area contributed by atoms with Gasteiger partial charge in [-0.3, -0.25) is 0 Å². The molecular weight excluding hydrogens is 398 g/mol. The zero-order valence-electron chi connectivity index (χ0n) is 21.0. The van der Waals surface area contributed by atoms with Crippen molar-refractivity contribution in [3.8, 4) is 0 Å². The first kappa shape index (κ1) is 25.7. The lowest BCUT2D eigenvalue weighted by molar-refractivity contribution is 0.0470. The van der Waals surface area contributed by atoms with Crippen molar-refractivity contribution in [3.05, 3.63) is 35.5 Å². The second kappa shape index (κ2) is 10.1. The number of likely N-dealkylation sites (N-methyl/N-ethyl adjacent to an activating group) is 1. The number of allylic oxidation sites excluding steroid dienone is 3. The second-order valence-corrected chi connectivity index (χ2v) is 11.8. The highest BCUT2D eigenvalue weighted by Crippen LogP contribution is 2.60. The van der Waals surface area contributed by atoms with E-state index in [4.69, 9.17) is 0 Å². The maximum absolute atomic E-state index is 10.5. The molecule has 0 aromatic carbocycles. The van der Waals surface area contributed by atoms with E-state index >= 15 is 0 Å². The molecular formula is C28H47NO3. The molecule has 4 N–H and O–H groups in total. The van der Waals surface area contributed by atoms with Gasteiger partial charge in [-0.15, -0.1) is 0 Å². The Kier molecular flexibility index (Phi) is 8.13. The van der Waals surface area contributed by atoms with Gasteiger partial charge in [-0.1, -0.05) is 51.0 Å². The Labute approximate surface area is 195 Å². The van der Waals surface area contributed by atoms with Gasteiger partial charge in [0.25, 0.3) is 0 Å². The van der Waals surface area contributed by atoms with Crippen molar-refractivity contribution in [2.24, 2.45) is 23.2 Å². The van der Waals surface area contributed by atoms with Crippen LogP contribution in [0.4, 0.5) is 0 Å². The van der Waals surface area contributed by atoms with Crippen LogP contribution in [0.2, 0.25) is 0 Å². The predicted octanol–water partition coefficient (Wildman–Crippen LogP) is 4.90. The third-order valence-corrected chi connectivity index (χ3v) is 8.96. The SMILES string of the molecule is C=C1/C(=C\C=C2/CCC[C@]3(C)[C@@H]([C@H](C)CCCC(C)(C)O)CC[C@@H]23)C[C@@H](O)[C@@H](NC)[C@@H]1O. The van der Waals surface area contributed by atoms with Crippen LogP contribution in [0, 0.1) is 23.2 Å². The topological polar surface area (TPSA) is 72.7 Å². The molecule has 4 nitrogen and oxygen atoms in total. The molecule has 3 rings (SSSR count). The van der Waals surface area contributed by atoms with Crippen LogP contribution in [0.25, 0.3) is 0 Å². The van der Waals surface area contributed by atoms with Crippen LogP contribution in [0.15, 0.2) is 35.5 Å². The number of aliphatic hydroxyl groups excluding tert-OH is 2. The molecule has 0 aromatic rings. The Balaban J connectivity index is 1.71. The molecule has 4 heteroatoms. The van der Waals surface area contributed by atoms with E-state index in [1.54, 1.807) is 12.6 Å². The highest BCUT2D eigenvalue weighted by molar-refractivity contribution is 5.40. The normalized spacial score (nSPS) is 39.5. The van der Waals surface area contributed by atoms with Crippen LogP contribution in [0.3, 0.4) is 0 Å². The van der Waals surface area contributed by atoms with E-state index in [1.807, 2.05) is 13.8 Å². The first-order valence-corrected chi connectivity index (χ1v) is 12.8. The zero-order valence-corrected chi connectivity index (χ0v) is 21.0. The van der Waals surface area contributed by atoms with E-state index in [0.29, 0.717) is 23.7 Å². The van der Waals surface area contributed by atoms with Crippen LogP contribution < -0.4 is 5.32 Å². The third-order valence-electron chi connectivity index (χ3n) is 8.96. The largest absolute Gasteiger partial charge is 0.391 e. The lowest BCUT2D eigenvalue weighted by Crippen LogP contribution is -2.51. The Morgan fingerprint density at radius 3 is 2.62 bits per heavy atom. The first-order chi connectivity index (χ1) is 15.0. The van der Waals surface area contributed by atoms with Crippen molar-refractivity contribution in [1.29, 1.82) is 0 Å². The van der Waals surface area contributed by atoms with Crippen LogP contribution >= 0.6 is 0 Å².